The monoisotopic (exact) mass is 207 g/mol. The van der Waals surface area contributed by atoms with Crippen LogP contribution in [0.2, 0.25) is 0 Å². The maximum Gasteiger partial charge on any atom is 0.270 e. The van der Waals surface area contributed by atoms with Crippen molar-refractivity contribution in [3.63, 3.8) is 0 Å². The van der Waals surface area contributed by atoms with Gasteiger partial charge in [-0.3, -0.25) is 14.6 Å². The number of nitrogen functional groups attached to an aromatic ring is 1. The minimum absolute atomic E-state index is 0.118. The summed E-state index contributed by atoms with van der Waals surface area (Å²) >= 11 is 0. The summed E-state index contributed by atoms with van der Waals surface area (Å²) in [4.78, 5) is 22.4. The van der Waals surface area contributed by atoms with Gasteiger partial charge in [-0.15, -0.1) is 0 Å². The van der Waals surface area contributed by atoms with Gasteiger partial charge in [-0.1, -0.05) is 12.1 Å². The molecule has 1 aromatic rings. The zero-order valence-corrected chi connectivity index (χ0v) is 8.43. The number of hydrogen-bond donors (Lipinski definition) is 2. The molecule has 0 spiro atoms. The standard InChI is InChI=1S/C10H13N3O2/c1-7(14)6-13(12)10(15)8-4-2-3-5-9(8)11/h2-5H,6,11-12H2,1H3. The zero-order chi connectivity index (χ0) is 11.4. The smallest absolute Gasteiger partial charge is 0.270 e. The molecule has 5 nitrogen and oxygen atoms in total. The first kappa shape index (κ1) is 11.2. The molecular formula is C10H13N3O2. The van der Waals surface area contributed by atoms with Gasteiger partial charge in [-0.2, -0.15) is 0 Å². The van der Waals surface area contributed by atoms with Gasteiger partial charge in [0, 0.05) is 5.69 Å². The Kier molecular flexibility index (Phi) is 3.41. The SMILES string of the molecule is CC(=O)CN(N)C(=O)c1ccccc1N. The lowest BCUT2D eigenvalue weighted by atomic mass is 10.1. The Morgan fingerprint density at radius 3 is 2.47 bits per heavy atom. The van der Waals surface area contributed by atoms with E-state index in [1.54, 1.807) is 24.3 Å². The van der Waals surface area contributed by atoms with Crippen LogP contribution >= 0.6 is 0 Å². The summed E-state index contributed by atoms with van der Waals surface area (Å²) in [6, 6.07) is 6.58. The summed E-state index contributed by atoms with van der Waals surface area (Å²) in [5.41, 5.74) is 6.26. The molecule has 0 saturated heterocycles. The number of carbonyl (C=O) groups excluding carboxylic acids is 2. The Balaban J connectivity index is 2.85. The molecule has 15 heavy (non-hydrogen) atoms. The molecule has 0 aliphatic heterocycles. The highest BCUT2D eigenvalue weighted by Crippen LogP contribution is 2.11. The van der Waals surface area contributed by atoms with Crippen molar-refractivity contribution in [3.05, 3.63) is 29.8 Å². The van der Waals surface area contributed by atoms with Crippen LogP contribution in [0, 0.1) is 0 Å². The third-order valence-electron chi connectivity index (χ3n) is 1.85. The van der Waals surface area contributed by atoms with E-state index in [9.17, 15) is 9.59 Å². The van der Waals surface area contributed by atoms with Gasteiger partial charge in [-0.25, -0.2) is 5.84 Å². The van der Waals surface area contributed by atoms with Crippen LogP contribution in [0.3, 0.4) is 0 Å². The van der Waals surface area contributed by atoms with Gasteiger partial charge < -0.3 is 5.73 Å². The Morgan fingerprint density at radius 2 is 1.93 bits per heavy atom. The highest BCUT2D eigenvalue weighted by atomic mass is 16.2. The number of para-hydroxylation sites is 1. The van der Waals surface area contributed by atoms with E-state index in [2.05, 4.69) is 0 Å². The summed E-state index contributed by atoms with van der Waals surface area (Å²) in [5.74, 6) is 4.79. The van der Waals surface area contributed by atoms with Crippen molar-refractivity contribution in [2.75, 3.05) is 12.3 Å². The van der Waals surface area contributed by atoms with Crippen molar-refractivity contribution in [1.29, 1.82) is 0 Å². The minimum atomic E-state index is -0.455. The quantitative estimate of drug-likeness (QED) is 0.320. The Hall–Kier alpha value is -1.88. The number of hydrogen-bond acceptors (Lipinski definition) is 4. The number of hydrazine groups is 1. The highest BCUT2D eigenvalue weighted by Gasteiger charge is 2.15. The number of Topliss-reactive ketones (excluding diaryl/α,β-unsaturated/α-hetero) is 1. The van der Waals surface area contributed by atoms with Crippen LogP contribution in [0.5, 0.6) is 0 Å². The molecule has 0 atom stereocenters. The molecule has 0 bridgehead atoms. The zero-order valence-electron chi connectivity index (χ0n) is 8.43. The molecule has 0 radical (unpaired) electrons. The number of benzene rings is 1. The first-order chi connectivity index (χ1) is 7.02. The van der Waals surface area contributed by atoms with E-state index in [0.717, 1.165) is 5.01 Å². The van der Waals surface area contributed by atoms with E-state index < -0.39 is 5.91 Å². The predicted molar refractivity (Wildman–Crippen MR) is 56.8 cm³/mol. The first-order valence-electron chi connectivity index (χ1n) is 4.43. The molecule has 80 valence electrons. The number of ketones is 1. The fraction of sp³-hybridized carbons (Fsp3) is 0.200. The number of amides is 1. The first-order valence-corrected chi connectivity index (χ1v) is 4.43. The molecule has 1 aromatic carbocycles. The van der Waals surface area contributed by atoms with Crippen LogP contribution in [0.25, 0.3) is 0 Å². The Morgan fingerprint density at radius 1 is 1.33 bits per heavy atom. The summed E-state index contributed by atoms with van der Waals surface area (Å²) < 4.78 is 0. The van der Waals surface area contributed by atoms with Crippen LogP contribution in [0.1, 0.15) is 17.3 Å². The summed E-state index contributed by atoms with van der Waals surface area (Å²) in [6.45, 7) is 1.24. The highest BCUT2D eigenvalue weighted by molar-refractivity contribution is 6.00. The Bertz CT molecular complexity index is 390. The molecule has 0 fully saturated rings. The van der Waals surface area contributed by atoms with Crippen molar-refractivity contribution in [2.45, 2.75) is 6.92 Å². The molecule has 0 aromatic heterocycles. The third-order valence-corrected chi connectivity index (χ3v) is 1.85. The molecule has 1 amide bonds. The second-order valence-electron chi connectivity index (χ2n) is 3.22. The van der Waals surface area contributed by atoms with E-state index in [1.165, 1.54) is 6.92 Å². The van der Waals surface area contributed by atoms with E-state index in [-0.39, 0.29) is 12.3 Å². The average Bonchev–Trinajstić information content (AvgIpc) is 2.16. The maximum atomic E-state index is 11.7. The van der Waals surface area contributed by atoms with Crippen molar-refractivity contribution in [2.24, 2.45) is 5.84 Å². The van der Waals surface area contributed by atoms with Crippen molar-refractivity contribution < 1.29 is 9.59 Å². The molecule has 5 heteroatoms. The fourth-order valence-corrected chi connectivity index (χ4v) is 1.16. The molecule has 0 heterocycles. The van der Waals surface area contributed by atoms with Gasteiger partial charge in [0.1, 0.15) is 0 Å². The number of anilines is 1. The van der Waals surface area contributed by atoms with Gasteiger partial charge in [0.15, 0.2) is 5.78 Å². The third kappa shape index (κ3) is 2.78. The number of nitrogens with two attached hydrogens (primary N) is 2. The summed E-state index contributed by atoms with van der Waals surface area (Å²) in [7, 11) is 0. The molecule has 1 rings (SSSR count). The maximum absolute atomic E-state index is 11.7. The van der Waals surface area contributed by atoms with Gasteiger partial charge in [0.05, 0.1) is 12.1 Å². The van der Waals surface area contributed by atoms with Crippen molar-refractivity contribution in [3.8, 4) is 0 Å². The van der Waals surface area contributed by atoms with Crippen LogP contribution in [-0.4, -0.2) is 23.2 Å². The van der Waals surface area contributed by atoms with Crippen molar-refractivity contribution >= 4 is 17.4 Å². The second-order valence-corrected chi connectivity index (χ2v) is 3.22. The van der Waals surface area contributed by atoms with Gasteiger partial charge in [-0.05, 0) is 19.1 Å². The van der Waals surface area contributed by atoms with Crippen molar-refractivity contribution in [1.82, 2.24) is 5.01 Å². The predicted octanol–water partition coefficient (Wildman–Crippen LogP) is 0.174. The largest absolute Gasteiger partial charge is 0.398 e. The molecule has 0 aliphatic rings. The fourth-order valence-electron chi connectivity index (χ4n) is 1.16. The van der Waals surface area contributed by atoms with E-state index in [1.807, 2.05) is 0 Å². The van der Waals surface area contributed by atoms with E-state index in [0.29, 0.717) is 11.3 Å². The van der Waals surface area contributed by atoms with Gasteiger partial charge in [0.2, 0.25) is 0 Å². The van der Waals surface area contributed by atoms with Gasteiger partial charge in [0.25, 0.3) is 5.91 Å². The number of carbonyl (C=O) groups is 2. The minimum Gasteiger partial charge on any atom is -0.398 e. The average molecular weight is 207 g/mol. The molecule has 0 unspecified atom stereocenters. The molecular weight excluding hydrogens is 194 g/mol. The molecule has 4 N–H and O–H groups in total. The molecule has 0 saturated carbocycles. The van der Waals surface area contributed by atoms with Crippen LogP contribution < -0.4 is 11.6 Å². The lowest BCUT2D eigenvalue weighted by Crippen LogP contribution is -2.40. The van der Waals surface area contributed by atoms with Crippen LogP contribution in [0.15, 0.2) is 24.3 Å². The van der Waals surface area contributed by atoms with Crippen LogP contribution in [-0.2, 0) is 4.79 Å². The van der Waals surface area contributed by atoms with Gasteiger partial charge >= 0.3 is 0 Å². The lowest BCUT2D eigenvalue weighted by molar-refractivity contribution is -0.117. The topological polar surface area (TPSA) is 89.4 Å². The van der Waals surface area contributed by atoms with E-state index in [4.69, 9.17) is 11.6 Å². The lowest BCUT2D eigenvalue weighted by Gasteiger charge is -2.15. The van der Waals surface area contributed by atoms with Crippen LogP contribution in [0.4, 0.5) is 5.69 Å². The summed E-state index contributed by atoms with van der Waals surface area (Å²) in [5, 5.41) is 0.855. The number of rotatable bonds is 3. The van der Waals surface area contributed by atoms with E-state index >= 15 is 0 Å². The second kappa shape index (κ2) is 4.56. The Labute approximate surface area is 87.6 Å². The number of nitrogens with zero attached hydrogens (tertiary/aromatic N) is 1. The molecule has 0 aliphatic carbocycles. The normalized spacial score (nSPS) is 9.73. The summed E-state index contributed by atoms with van der Waals surface area (Å²) in [6.07, 6.45) is 0.